The van der Waals surface area contributed by atoms with Gasteiger partial charge in [-0.1, -0.05) is 0 Å². The van der Waals surface area contributed by atoms with Crippen LogP contribution in [0.5, 0.6) is 0 Å². The average molecular weight is 278 g/mol. The summed E-state index contributed by atoms with van der Waals surface area (Å²) < 4.78 is 0. The molecule has 1 amide bonds. The molecule has 1 N–H and O–H groups in total. The summed E-state index contributed by atoms with van der Waals surface area (Å²) in [5.41, 5.74) is 0.0824. The summed E-state index contributed by atoms with van der Waals surface area (Å²) in [4.78, 5) is 28.3. The summed E-state index contributed by atoms with van der Waals surface area (Å²) in [5.74, 6) is 0.730. The number of nitrogens with one attached hydrogen (secondary N) is 1. The van der Waals surface area contributed by atoms with Crippen molar-refractivity contribution in [2.45, 2.75) is 19.8 Å². The lowest BCUT2D eigenvalue weighted by atomic mass is 10.2. The maximum absolute atomic E-state index is 12.4. The zero-order valence-electron chi connectivity index (χ0n) is 11.6. The molecule has 0 unspecified atom stereocenters. The van der Waals surface area contributed by atoms with Crippen LogP contribution in [-0.4, -0.2) is 40.9 Å². The maximum Gasteiger partial charge on any atom is 0.288 e. The van der Waals surface area contributed by atoms with Gasteiger partial charge in [-0.25, -0.2) is 4.98 Å². The van der Waals surface area contributed by atoms with Gasteiger partial charge in [0, 0.05) is 26.2 Å². The maximum atomic E-state index is 12.4. The zero-order valence-corrected chi connectivity index (χ0v) is 11.6. The number of nitro groups is 1. The standard InChI is InChI=1S/C13H18N4O3/c1-3-14-12-11(6-10(7-15-12)17(19)20)13(18)16(2)8-9-4-5-9/h6-7,9H,3-5,8H2,1-2H3,(H,14,15). The van der Waals surface area contributed by atoms with E-state index in [9.17, 15) is 14.9 Å². The molecule has 7 nitrogen and oxygen atoms in total. The lowest BCUT2D eigenvalue weighted by molar-refractivity contribution is -0.385. The Balaban J connectivity index is 2.27. The lowest BCUT2D eigenvalue weighted by Gasteiger charge is -2.18. The van der Waals surface area contributed by atoms with Crippen LogP contribution in [0.3, 0.4) is 0 Å². The molecule has 108 valence electrons. The molecule has 1 heterocycles. The second-order valence-electron chi connectivity index (χ2n) is 5.01. The van der Waals surface area contributed by atoms with Crippen LogP contribution in [0, 0.1) is 16.0 Å². The Hall–Kier alpha value is -2.18. The minimum Gasteiger partial charge on any atom is -0.370 e. The molecule has 20 heavy (non-hydrogen) atoms. The van der Waals surface area contributed by atoms with E-state index in [2.05, 4.69) is 10.3 Å². The highest BCUT2D eigenvalue weighted by Crippen LogP contribution is 2.30. The second-order valence-corrected chi connectivity index (χ2v) is 5.01. The fourth-order valence-corrected chi connectivity index (χ4v) is 2.00. The molecule has 1 saturated carbocycles. The number of carbonyl (C=O) groups excluding carboxylic acids is 1. The molecule has 1 aromatic heterocycles. The molecule has 0 saturated heterocycles. The van der Waals surface area contributed by atoms with Gasteiger partial charge >= 0.3 is 0 Å². The third-order valence-corrected chi connectivity index (χ3v) is 3.23. The highest BCUT2D eigenvalue weighted by atomic mass is 16.6. The number of rotatable bonds is 6. The number of hydrogen-bond acceptors (Lipinski definition) is 5. The summed E-state index contributed by atoms with van der Waals surface area (Å²) in [6, 6.07) is 1.29. The van der Waals surface area contributed by atoms with E-state index in [1.807, 2.05) is 6.92 Å². The van der Waals surface area contributed by atoms with Gasteiger partial charge in [-0.05, 0) is 25.7 Å². The van der Waals surface area contributed by atoms with Gasteiger partial charge in [0.15, 0.2) is 0 Å². The van der Waals surface area contributed by atoms with Gasteiger partial charge in [-0.3, -0.25) is 14.9 Å². The van der Waals surface area contributed by atoms with Gasteiger partial charge in [0.2, 0.25) is 0 Å². The molecular formula is C13H18N4O3. The Bertz CT molecular complexity index is 528. The van der Waals surface area contributed by atoms with Crippen LogP contribution in [0.15, 0.2) is 12.3 Å². The van der Waals surface area contributed by atoms with E-state index >= 15 is 0 Å². The molecule has 1 aromatic rings. The van der Waals surface area contributed by atoms with Crippen molar-refractivity contribution in [2.24, 2.45) is 5.92 Å². The Morgan fingerprint density at radius 3 is 2.85 bits per heavy atom. The number of anilines is 1. The average Bonchev–Trinajstić information content (AvgIpc) is 3.22. The van der Waals surface area contributed by atoms with Gasteiger partial charge in [0.05, 0.1) is 10.5 Å². The first-order valence-electron chi connectivity index (χ1n) is 6.66. The minimum absolute atomic E-state index is 0.171. The first-order chi connectivity index (χ1) is 9.52. The molecule has 0 aliphatic heterocycles. The number of carbonyl (C=O) groups is 1. The van der Waals surface area contributed by atoms with Crippen molar-refractivity contribution in [2.75, 3.05) is 25.5 Å². The Kier molecular flexibility index (Phi) is 4.16. The molecule has 0 radical (unpaired) electrons. The molecule has 0 aromatic carbocycles. The fraction of sp³-hybridized carbons (Fsp3) is 0.538. The molecule has 7 heteroatoms. The third-order valence-electron chi connectivity index (χ3n) is 3.23. The number of aromatic nitrogens is 1. The van der Waals surface area contributed by atoms with E-state index in [4.69, 9.17) is 0 Å². The molecule has 0 atom stereocenters. The topological polar surface area (TPSA) is 88.4 Å². The van der Waals surface area contributed by atoms with E-state index in [1.54, 1.807) is 11.9 Å². The quantitative estimate of drug-likeness (QED) is 0.634. The molecule has 1 aliphatic rings. The Labute approximate surface area is 117 Å². The number of pyridine rings is 1. The Morgan fingerprint density at radius 2 is 2.30 bits per heavy atom. The van der Waals surface area contributed by atoms with Crippen LogP contribution < -0.4 is 5.32 Å². The van der Waals surface area contributed by atoms with Crippen molar-refractivity contribution in [3.63, 3.8) is 0 Å². The molecule has 1 aliphatic carbocycles. The third kappa shape index (κ3) is 3.23. The van der Waals surface area contributed by atoms with E-state index < -0.39 is 4.92 Å². The van der Waals surface area contributed by atoms with E-state index in [0.29, 0.717) is 24.8 Å². The van der Waals surface area contributed by atoms with Gasteiger partial charge < -0.3 is 10.2 Å². The van der Waals surface area contributed by atoms with E-state index in [1.165, 1.54) is 6.07 Å². The number of nitrogens with zero attached hydrogens (tertiary/aromatic N) is 3. The molecule has 1 fully saturated rings. The molecule has 0 spiro atoms. The molecule has 0 bridgehead atoms. The minimum atomic E-state index is -0.541. The lowest BCUT2D eigenvalue weighted by Crippen LogP contribution is -2.29. The fourth-order valence-electron chi connectivity index (χ4n) is 2.00. The van der Waals surface area contributed by atoms with Crippen molar-refractivity contribution in [3.8, 4) is 0 Å². The van der Waals surface area contributed by atoms with Crippen LogP contribution in [0.4, 0.5) is 11.5 Å². The molecule has 2 rings (SSSR count). The predicted octanol–water partition coefficient (Wildman–Crippen LogP) is 1.90. The van der Waals surface area contributed by atoms with Crippen molar-refractivity contribution >= 4 is 17.4 Å². The number of amides is 1. The largest absolute Gasteiger partial charge is 0.370 e. The van der Waals surface area contributed by atoms with Crippen LogP contribution in [0.25, 0.3) is 0 Å². The SMILES string of the molecule is CCNc1ncc([N+](=O)[O-])cc1C(=O)N(C)CC1CC1. The summed E-state index contributed by atoms with van der Waals surface area (Å²) in [7, 11) is 1.72. The predicted molar refractivity (Wildman–Crippen MR) is 74.7 cm³/mol. The van der Waals surface area contributed by atoms with Gasteiger partial charge in [-0.15, -0.1) is 0 Å². The van der Waals surface area contributed by atoms with Crippen LogP contribution in [0.1, 0.15) is 30.1 Å². The summed E-state index contributed by atoms with van der Waals surface area (Å²) in [6.07, 6.45) is 3.45. The van der Waals surface area contributed by atoms with Crippen molar-refractivity contribution in [3.05, 3.63) is 27.9 Å². The summed E-state index contributed by atoms with van der Waals surface area (Å²) in [6.45, 7) is 3.16. The first-order valence-corrected chi connectivity index (χ1v) is 6.66. The van der Waals surface area contributed by atoms with Crippen LogP contribution in [-0.2, 0) is 0 Å². The van der Waals surface area contributed by atoms with Crippen molar-refractivity contribution in [1.29, 1.82) is 0 Å². The highest BCUT2D eigenvalue weighted by Gasteiger charge is 2.27. The summed E-state index contributed by atoms with van der Waals surface area (Å²) in [5, 5.41) is 13.8. The van der Waals surface area contributed by atoms with E-state index in [0.717, 1.165) is 19.0 Å². The first kappa shape index (κ1) is 14.2. The van der Waals surface area contributed by atoms with Crippen molar-refractivity contribution in [1.82, 2.24) is 9.88 Å². The monoisotopic (exact) mass is 278 g/mol. The highest BCUT2D eigenvalue weighted by molar-refractivity contribution is 5.99. The normalized spacial score (nSPS) is 13.9. The zero-order chi connectivity index (χ0) is 14.7. The molecular weight excluding hydrogens is 260 g/mol. The van der Waals surface area contributed by atoms with Gasteiger partial charge in [-0.2, -0.15) is 0 Å². The van der Waals surface area contributed by atoms with Crippen LogP contribution >= 0.6 is 0 Å². The van der Waals surface area contributed by atoms with Crippen molar-refractivity contribution < 1.29 is 9.72 Å². The van der Waals surface area contributed by atoms with Gasteiger partial charge in [0.1, 0.15) is 12.0 Å². The smallest absolute Gasteiger partial charge is 0.288 e. The van der Waals surface area contributed by atoms with E-state index in [-0.39, 0.29) is 17.2 Å². The summed E-state index contributed by atoms with van der Waals surface area (Å²) >= 11 is 0. The number of hydrogen-bond donors (Lipinski definition) is 1. The second kappa shape index (κ2) is 5.85. The van der Waals surface area contributed by atoms with Gasteiger partial charge in [0.25, 0.3) is 11.6 Å². The Morgan fingerprint density at radius 1 is 1.60 bits per heavy atom. The van der Waals surface area contributed by atoms with Crippen LogP contribution in [0.2, 0.25) is 0 Å².